The molecular formula is C17H21ClO3S. The molecule has 1 aliphatic heterocycles. The average Bonchev–Trinajstić information content (AvgIpc) is 2.45. The Bertz CT molecular complexity index is 614. The van der Waals surface area contributed by atoms with Crippen LogP contribution in [-0.4, -0.2) is 23.2 Å². The summed E-state index contributed by atoms with van der Waals surface area (Å²) in [5, 5.41) is 0. The molecule has 22 heavy (non-hydrogen) atoms. The molecule has 1 heterocycles. The topological polar surface area (TPSA) is 35.5 Å². The molecule has 2 fully saturated rings. The van der Waals surface area contributed by atoms with Crippen molar-refractivity contribution in [2.45, 2.75) is 44.3 Å². The maximum atomic E-state index is 12.5. The first-order valence-electron chi connectivity index (χ1n) is 7.44. The van der Waals surface area contributed by atoms with E-state index in [1.165, 1.54) is 0 Å². The van der Waals surface area contributed by atoms with Crippen LogP contribution in [0.25, 0.3) is 0 Å². The van der Waals surface area contributed by atoms with Crippen LogP contribution in [0.15, 0.2) is 39.1 Å². The minimum atomic E-state index is -1.29. The summed E-state index contributed by atoms with van der Waals surface area (Å²) in [6.07, 6.45) is 1.61. The van der Waals surface area contributed by atoms with Gasteiger partial charge in [-0.15, -0.1) is 0 Å². The molecule has 2 aliphatic rings. The molecule has 3 nitrogen and oxygen atoms in total. The standard InChI is InChI=1S/C17H21ClO3S/c1-12-4-6-14(7-5-12)22(19)15(18)13-8-17(9-13)10-20-16(2,3)21-11-17/h4-7H,8-11H2,1-3H3. The van der Waals surface area contributed by atoms with E-state index in [1.54, 1.807) is 0 Å². The Balaban J connectivity index is 1.69. The molecule has 1 aliphatic carbocycles. The Kier molecular flexibility index (Phi) is 4.23. The molecule has 1 saturated heterocycles. The van der Waals surface area contributed by atoms with Gasteiger partial charge in [0.15, 0.2) is 5.79 Å². The Labute approximate surface area is 139 Å². The van der Waals surface area contributed by atoms with Crippen LogP contribution < -0.4 is 0 Å². The van der Waals surface area contributed by atoms with Crippen LogP contribution in [-0.2, 0) is 20.3 Å². The molecule has 0 N–H and O–H groups in total. The van der Waals surface area contributed by atoms with Crippen molar-refractivity contribution in [2.75, 3.05) is 13.2 Å². The smallest absolute Gasteiger partial charge is 0.162 e. The van der Waals surface area contributed by atoms with Gasteiger partial charge in [0, 0.05) is 10.3 Å². The summed E-state index contributed by atoms with van der Waals surface area (Å²) >= 11 is 6.36. The Morgan fingerprint density at radius 1 is 1.14 bits per heavy atom. The zero-order valence-corrected chi connectivity index (χ0v) is 14.7. The molecular weight excluding hydrogens is 320 g/mol. The lowest BCUT2D eigenvalue weighted by molar-refractivity contribution is -0.291. The summed E-state index contributed by atoms with van der Waals surface area (Å²) < 4.78 is 24.5. The summed E-state index contributed by atoms with van der Waals surface area (Å²) in [5.41, 5.74) is 2.22. The van der Waals surface area contributed by atoms with Crippen LogP contribution in [0, 0.1) is 12.3 Å². The van der Waals surface area contributed by atoms with Gasteiger partial charge >= 0.3 is 0 Å². The largest absolute Gasteiger partial charge is 0.350 e. The first-order valence-corrected chi connectivity index (χ1v) is 8.97. The first-order chi connectivity index (χ1) is 10.3. The van der Waals surface area contributed by atoms with Gasteiger partial charge in [-0.2, -0.15) is 0 Å². The second kappa shape index (κ2) is 5.75. The summed E-state index contributed by atoms with van der Waals surface area (Å²) in [6.45, 7) is 7.20. The normalized spacial score (nSPS) is 23.9. The maximum Gasteiger partial charge on any atom is 0.162 e. The van der Waals surface area contributed by atoms with Crippen molar-refractivity contribution in [1.82, 2.24) is 0 Å². The van der Waals surface area contributed by atoms with Crippen LogP contribution in [0.2, 0.25) is 0 Å². The predicted molar refractivity (Wildman–Crippen MR) is 88.1 cm³/mol. The zero-order chi connectivity index (χ0) is 16.0. The fourth-order valence-corrected chi connectivity index (χ4v) is 4.23. The Morgan fingerprint density at radius 2 is 1.68 bits per heavy atom. The van der Waals surface area contributed by atoms with E-state index < -0.39 is 16.6 Å². The van der Waals surface area contributed by atoms with Gasteiger partial charge in [0.05, 0.1) is 24.0 Å². The molecule has 1 saturated carbocycles. The molecule has 1 atom stereocenters. The maximum absolute atomic E-state index is 12.5. The van der Waals surface area contributed by atoms with Crippen molar-refractivity contribution in [1.29, 1.82) is 0 Å². The van der Waals surface area contributed by atoms with E-state index in [2.05, 4.69) is 0 Å². The van der Waals surface area contributed by atoms with Crippen LogP contribution in [0.4, 0.5) is 0 Å². The summed E-state index contributed by atoms with van der Waals surface area (Å²) in [4.78, 5) is 0.751. The second-order valence-corrected chi connectivity index (χ2v) is 8.81. The fraction of sp³-hybridized carbons (Fsp3) is 0.529. The predicted octanol–water partition coefficient (Wildman–Crippen LogP) is 4.12. The molecule has 0 aromatic heterocycles. The van der Waals surface area contributed by atoms with Crippen molar-refractivity contribution < 1.29 is 13.7 Å². The Hall–Kier alpha value is -0.680. The summed E-state index contributed by atoms with van der Waals surface area (Å²) in [5.74, 6) is -0.501. The number of aryl methyl sites for hydroxylation is 1. The highest BCUT2D eigenvalue weighted by Gasteiger charge is 2.48. The van der Waals surface area contributed by atoms with Crippen molar-refractivity contribution in [3.8, 4) is 0 Å². The quantitative estimate of drug-likeness (QED) is 0.812. The fourth-order valence-electron chi connectivity index (χ4n) is 2.83. The SMILES string of the molecule is Cc1ccc(S(=O)C(Cl)=C2CC3(COC(C)(C)OC3)C2)cc1. The third kappa shape index (κ3) is 3.16. The van der Waals surface area contributed by atoms with Crippen LogP contribution in [0.1, 0.15) is 32.3 Å². The molecule has 120 valence electrons. The average molecular weight is 341 g/mol. The van der Waals surface area contributed by atoms with Crippen molar-refractivity contribution in [2.24, 2.45) is 5.41 Å². The molecule has 1 spiro atoms. The van der Waals surface area contributed by atoms with Crippen molar-refractivity contribution >= 4 is 22.4 Å². The molecule has 1 unspecified atom stereocenters. The van der Waals surface area contributed by atoms with E-state index in [9.17, 15) is 4.21 Å². The lowest BCUT2D eigenvalue weighted by Crippen LogP contribution is -2.50. The number of hydrogen-bond acceptors (Lipinski definition) is 3. The number of halogens is 1. The van der Waals surface area contributed by atoms with Gasteiger partial charge in [-0.3, -0.25) is 0 Å². The van der Waals surface area contributed by atoms with Gasteiger partial charge in [-0.1, -0.05) is 29.3 Å². The molecule has 1 aromatic rings. The van der Waals surface area contributed by atoms with Gasteiger partial charge < -0.3 is 9.47 Å². The molecule has 0 radical (unpaired) electrons. The third-order valence-electron chi connectivity index (χ3n) is 4.30. The van der Waals surface area contributed by atoms with Crippen molar-refractivity contribution in [3.63, 3.8) is 0 Å². The zero-order valence-electron chi connectivity index (χ0n) is 13.1. The highest BCUT2D eigenvalue weighted by molar-refractivity contribution is 7.90. The molecule has 0 amide bonds. The third-order valence-corrected chi connectivity index (χ3v) is 6.31. The van der Waals surface area contributed by atoms with E-state index in [-0.39, 0.29) is 5.41 Å². The highest BCUT2D eigenvalue weighted by Crippen LogP contribution is 2.51. The van der Waals surface area contributed by atoms with Crippen LogP contribution in [0.3, 0.4) is 0 Å². The van der Waals surface area contributed by atoms with E-state index in [4.69, 9.17) is 21.1 Å². The van der Waals surface area contributed by atoms with Gasteiger partial charge in [-0.05, 0) is 51.3 Å². The lowest BCUT2D eigenvalue weighted by Gasteiger charge is -2.50. The minimum Gasteiger partial charge on any atom is -0.350 e. The monoisotopic (exact) mass is 340 g/mol. The first kappa shape index (κ1) is 16.2. The van der Waals surface area contributed by atoms with Crippen molar-refractivity contribution in [3.05, 3.63) is 39.8 Å². The second-order valence-electron chi connectivity index (χ2n) is 6.79. The number of ether oxygens (including phenoxy) is 2. The van der Waals surface area contributed by atoms with E-state index in [0.717, 1.165) is 28.9 Å². The molecule has 0 bridgehead atoms. The molecule has 5 heteroatoms. The number of rotatable bonds is 2. The van der Waals surface area contributed by atoms with Gasteiger partial charge in [0.25, 0.3) is 0 Å². The number of allylic oxidation sites excluding steroid dienone is 1. The van der Waals surface area contributed by atoms with E-state index in [1.807, 2.05) is 45.0 Å². The lowest BCUT2D eigenvalue weighted by atomic mass is 9.66. The van der Waals surface area contributed by atoms with Gasteiger partial charge in [0.1, 0.15) is 4.36 Å². The number of benzene rings is 1. The minimum absolute atomic E-state index is 0.0163. The van der Waals surface area contributed by atoms with E-state index in [0.29, 0.717) is 17.6 Å². The number of hydrogen-bond donors (Lipinski definition) is 0. The van der Waals surface area contributed by atoms with Crippen LogP contribution in [0.5, 0.6) is 0 Å². The summed E-state index contributed by atoms with van der Waals surface area (Å²) in [6, 6.07) is 7.65. The van der Waals surface area contributed by atoms with Gasteiger partial charge in [-0.25, -0.2) is 4.21 Å². The van der Waals surface area contributed by atoms with Crippen LogP contribution >= 0.6 is 11.6 Å². The Morgan fingerprint density at radius 3 is 2.23 bits per heavy atom. The highest BCUT2D eigenvalue weighted by atomic mass is 35.5. The molecule has 1 aromatic carbocycles. The van der Waals surface area contributed by atoms with E-state index >= 15 is 0 Å². The molecule has 3 rings (SSSR count). The summed E-state index contributed by atoms with van der Waals surface area (Å²) in [7, 11) is -1.29. The van der Waals surface area contributed by atoms with Gasteiger partial charge in [0.2, 0.25) is 0 Å².